The molecule has 0 spiro atoms. The molecule has 0 aliphatic carbocycles. The zero-order valence-electron chi connectivity index (χ0n) is 14.0. The molecule has 8 heteroatoms. The van der Waals surface area contributed by atoms with Crippen LogP contribution in [0.2, 0.25) is 0 Å². The summed E-state index contributed by atoms with van der Waals surface area (Å²) in [5, 5.41) is 6.44. The third-order valence-corrected chi connectivity index (χ3v) is 3.77. The fourth-order valence-electron chi connectivity index (χ4n) is 2.57. The van der Waals surface area contributed by atoms with Crippen molar-refractivity contribution in [2.75, 3.05) is 12.4 Å². The highest BCUT2D eigenvalue weighted by atomic mass is 16.5. The third kappa shape index (κ3) is 3.34. The van der Waals surface area contributed by atoms with Crippen LogP contribution in [-0.2, 0) is 0 Å². The van der Waals surface area contributed by atoms with E-state index in [9.17, 15) is 9.59 Å². The first kappa shape index (κ1) is 17.0. The Bertz CT molecular complexity index is 963. The van der Waals surface area contributed by atoms with Gasteiger partial charge in [-0.25, -0.2) is 9.48 Å². The number of primary amides is 2. The van der Waals surface area contributed by atoms with Gasteiger partial charge in [0.2, 0.25) is 0 Å². The van der Waals surface area contributed by atoms with Crippen molar-refractivity contribution in [2.45, 2.75) is 0 Å². The van der Waals surface area contributed by atoms with E-state index in [0.29, 0.717) is 5.69 Å². The fraction of sp³-hybridized carbons (Fsp3) is 0.0556. The summed E-state index contributed by atoms with van der Waals surface area (Å²) in [5.74, 6) is 0.0627. The van der Waals surface area contributed by atoms with Crippen molar-refractivity contribution in [1.82, 2.24) is 9.78 Å². The number of benzene rings is 2. The Labute approximate surface area is 149 Å². The number of urea groups is 1. The number of aromatic nitrogens is 2. The summed E-state index contributed by atoms with van der Waals surface area (Å²) in [7, 11) is 1.62. The smallest absolute Gasteiger partial charge is 0.317 e. The van der Waals surface area contributed by atoms with Crippen LogP contribution in [-0.4, -0.2) is 28.8 Å². The predicted molar refractivity (Wildman–Crippen MR) is 97.3 cm³/mol. The molecular weight excluding hydrogens is 334 g/mol. The maximum atomic E-state index is 11.5. The van der Waals surface area contributed by atoms with E-state index in [2.05, 4.69) is 10.4 Å². The zero-order valence-corrected chi connectivity index (χ0v) is 14.0. The van der Waals surface area contributed by atoms with Gasteiger partial charge in [0.15, 0.2) is 5.82 Å². The highest BCUT2D eigenvalue weighted by Crippen LogP contribution is 2.30. The van der Waals surface area contributed by atoms with Gasteiger partial charge in [-0.05, 0) is 23.8 Å². The summed E-state index contributed by atoms with van der Waals surface area (Å²) >= 11 is 0. The molecule has 0 unspecified atom stereocenters. The summed E-state index contributed by atoms with van der Waals surface area (Å²) < 4.78 is 6.82. The Hall–Kier alpha value is -3.81. The largest absolute Gasteiger partial charge is 0.496 e. The molecule has 0 atom stereocenters. The van der Waals surface area contributed by atoms with Crippen LogP contribution in [0.25, 0.3) is 16.8 Å². The number of ether oxygens (including phenoxy) is 1. The monoisotopic (exact) mass is 351 g/mol. The minimum atomic E-state index is -0.829. The molecule has 5 N–H and O–H groups in total. The molecule has 0 saturated carbocycles. The molecular formula is C18H17N5O3. The predicted octanol–water partition coefficient (Wildman–Crippen LogP) is 2.14. The van der Waals surface area contributed by atoms with Crippen LogP contribution in [0.4, 0.5) is 10.6 Å². The number of nitrogens with one attached hydrogen (secondary N) is 1. The van der Waals surface area contributed by atoms with Crippen molar-refractivity contribution in [1.29, 1.82) is 0 Å². The Morgan fingerprint density at radius 1 is 1.08 bits per heavy atom. The molecule has 3 aromatic rings. The van der Waals surface area contributed by atoms with E-state index in [1.807, 2.05) is 48.5 Å². The fourth-order valence-corrected chi connectivity index (χ4v) is 2.57. The van der Waals surface area contributed by atoms with Crippen LogP contribution in [0, 0.1) is 0 Å². The normalized spacial score (nSPS) is 10.3. The minimum Gasteiger partial charge on any atom is -0.496 e. The van der Waals surface area contributed by atoms with E-state index >= 15 is 0 Å². The van der Waals surface area contributed by atoms with E-state index in [1.54, 1.807) is 7.11 Å². The van der Waals surface area contributed by atoms with E-state index in [4.69, 9.17) is 16.2 Å². The number of rotatable bonds is 5. The molecule has 1 aromatic heterocycles. The second-order valence-corrected chi connectivity index (χ2v) is 5.44. The Balaban J connectivity index is 1.96. The second-order valence-electron chi connectivity index (χ2n) is 5.44. The summed E-state index contributed by atoms with van der Waals surface area (Å²) in [6.45, 7) is 0. The Morgan fingerprint density at radius 2 is 1.77 bits per heavy atom. The quantitative estimate of drug-likeness (QED) is 0.651. The topological polar surface area (TPSA) is 125 Å². The first-order chi connectivity index (χ1) is 12.5. The van der Waals surface area contributed by atoms with E-state index in [-0.39, 0.29) is 11.4 Å². The molecule has 0 aliphatic rings. The molecule has 132 valence electrons. The molecule has 0 bridgehead atoms. The van der Waals surface area contributed by atoms with E-state index < -0.39 is 11.9 Å². The lowest BCUT2D eigenvalue weighted by Crippen LogP contribution is -2.22. The molecule has 0 saturated heterocycles. The van der Waals surface area contributed by atoms with Crippen molar-refractivity contribution in [2.24, 2.45) is 11.5 Å². The number of carbonyl (C=O) groups excluding carboxylic acids is 2. The second kappa shape index (κ2) is 6.98. The number of methoxy groups -OCH3 is 1. The Kier molecular flexibility index (Phi) is 4.57. The Morgan fingerprint density at radius 3 is 2.38 bits per heavy atom. The van der Waals surface area contributed by atoms with Gasteiger partial charge in [-0.15, -0.1) is 5.10 Å². The number of hydrogen-bond donors (Lipinski definition) is 3. The number of anilines is 1. The SMILES string of the molecule is COc1ccccc1-c1ccc(-n2cc(C(N)=O)c(NC(N)=O)n2)cc1. The lowest BCUT2D eigenvalue weighted by molar-refractivity contribution is 0.100. The van der Waals surface area contributed by atoms with Gasteiger partial charge in [-0.1, -0.05) is 30.3 Å². The van der Waals surface area contributed by atoms with Crippen LogP contribution in [0.3, 0.4) is 0 Å². The van der Waals surface area contributed by atoms with Crippen LogP contribution < -0.4 is 21.5 Å². The summed E-state index contributed by atoms with van der Waals surface area (Å²) in [6, 6.07) is 14.3. The molecule has 0 aliphatic heterocycles. The average molecular weight is 351 g/mol. The van der Waals surface area contributed by atoms with Gasteiger partial charge < -0.3 is 16.2 Å². The van der Waals surface area contributed by atoms with Crippen LogP contribution in [0.5, 0.6) is 5.75 Å². The molecule has 2 aromatic carbocycles. The van der Waals surface area contributed by atoms with Crippen LogP contribution >= 0.6 is 0 Å². The standard InChI is InChI=1S/C18H17N5O3/c1-26-15-5-3-2-4-13(15)11-6-8-12(9-7-11)23-10-14(16(19)24)17(22-23)21-18(20)25/h2-10H,1H3,(H2,19,24)(H3,20,21,22,25). The first-order valence-electron chi connectivity index (χ1n) is 7.69. The van der Waals surface area contributed by atoms with Crippen molar-refractivity contribution in [3.8, 4) is 22.6 Å². The average Bonchev–Trinajstić information content (AvgIpc) is 3.05. The van der Waals surface area contributed by atoms with E-state index in [1.165, 1.54) is 10.9 Å². The number of nitrogens with zero attached hydrogens (tertiary/aromatic N) is 2. The van der Waals surface area contributed by atoms with Crippen LogP contribution in [0.1, 0.15) is 10.4 Å². The first-order valence-corrected chi connectivity index (χ1v) is 7.69. The van der Waals surface area contributed by atoms with Crippen molar-refractivity contribution in [3.05, 3.63) is 60.3 Å². The van der Waals surface area contributed by atoms with Crippen molar-refractivity contribution in [3.63, 3.8) is 0 Å². The third-order valence-electron chi connectivity index (χ3n) is 3.77. The number of nitrogens with two attached hydrogens (primary N) is 2. The van der Waals surface area contributed by atoms with Gasteiger partial charge in [0.05, 0.1) is 12.8 Å². The maximum Gasteiger partial charge on any atom is 0.317 e. The molecule has 3 amide bonds. The number of hydrogen-bond acceptors (Lipinski definition) is 4. The summed E-state index contributed by atoms with van der Waals surface area (Å²) in [5.41, 5.74) is 13.1. The van der Waals surface area contributed by atoms with Crippen LogP contribution in [0.15, 0.2) is 54.7 Å². The van der Waals surface area contributed by atoms with Gasteiger partial charge in [0, 0.05) is 11.8 Å². The lowest BCUT2D eigenvalue weighted by atomic mass is 10.0. The maximum absolute atomic E-state index is 11.5. The van der Waals surface area contributed by atoms with Crippen molar-refractivity contribution >= 4 is 17.8 Å². The number of amides is 3. The molecule has 0 fully saturated rings. The molecule has 1 heterocycles. The van der Waals surface area contributed by atoms with E-state index in [0.717, 1.165) is 16.9 Å². The van der Waals surface area contributed by atoms with Crippen molar-refractivity contribution < 1.29 is 14.3 Å². The van der Waals surface area contributed by atoms with Gasteiger partial charge in [0.1, 0.15) is 11.3 Å². The lowest BCUT2D eigenvalue weighted by Gasteiger charge is -2.09. The molecule has 3 rings (SSSR count). The summed E-state index contributed by atoms with van der Waals surface area (Å²) in [6.07, 6.45) is 1.44. The highest BCUT2D eigenvalue weighted by molar-refractivity contribution is 6.01. The highest BCUT2D eigenvalue weighted by Gasteiger charge is 2.16. The zero-order chi connectivity index (χ0) is 18.7. The van der Waals surface area contributed by atoms with Gasteiger partial charge in [-0.2, -0.15) is 0 Å². The minimum absolute atomic E-state index is 0.0128. The molecule has 0 radical (unpaired) electrons. The molecule has 26 heavy (non-hydrogen) atoms. The summed E-state index contributed by atoms with van der Waals surface area (Å²) in [4.78, 5) is 22.6. The number of para-hydroxylation sites is 1. The van der Waals surface area contributed by atoms with Gasteiger partial charge in [0.25, 0.3) is 5.91 Å². The van der Waals surface area contributed by atoms with Gasteiger partial charge in [-0.3, -0.25) is 10.1 Å². The molecule has 8 nitrogen and oxygen atoms in total. The van der Waals surface area contributed by atoms with Gasteiger partial charge >= 0.3 is 6.03 Å². The number of carbonyl (C=O) groups is 2.